The Morgan fingerprint density at radius 3 is 2.69 bits per heavy atom. The lowest BCUT2D eigenvalue weighted by atomic mass is 9.90. The number of nitrogens with zero attached hydrogens (tertiary/aromatic N) is 2. The number of halogens is 1. The predicted molar refractivity (Wildman–Crippen MR) is 115 cm³/mol. The minimum absolute atomic E-state index is 0.00716. The van der Waals surface area contributed by atoms with Gasteiger partial charge < -0.3 is 19.9 Å². The molecule has 2 fully saturated rings. The van der Waals surface area contributed by atoms with E-state index in [2.05, 4.69) is 12.2 Å². The Morgan fingerprint density at radius 1 is 1.24 bits per heavy atom. The fourth-order valence-corrected chi connectivity index (χ4v) is 4.28. The Kier molecular flexibility index (Phi) is 6.62. The van der Waals surface area contributed by atoms with E-state index in [1.807, 2.05) is 49.9 Å². The number of piperidine rings is 2. The average Bonchev–Trinajstić information content (AvgIpc) is 2.63. The van der Waals surface area contributed by atoms with Crippen molar-refractivity contribution in [2.24, 2.45) is 5.92 Å². The molecule has 0 spiro atoms. The van der Waals surface area contributed by atoms with Crippen molar-refractivity contribution in [2.45, 2.75) is 64.6 Å². The van der Waals surface area contributed by atoms with Gasteiger partial charge >= 0.3 is 6.09 Å². The van der Waals surface area contributed by atoms with Gasteiger partial charge in [-0.2, -0.15) is 0 Å². The van der Waals surface area contributed by atoms with Gasteiger partial charge in [0.1, 0.15) is 11.6 Å². The zero-order valence-corrected chi connectivity index (χ0v) is 18.5. The second-order valence-corrected chi connectivity index (χ2v) is 9.58. The summed E-state index contributed by atoms with van der Waals surface area (Å²) < 4.78 is 5.54. The number of hydrogen-bond acceptors (Lipinski definition) is 4. The summed E-state index contributed by atoms with van der Waals surface area (Å²) in [6.07, 6.45) is 2.28. The van der Waals surface area contributed by atoms with Crippen LogP contribution in [0.5, 0.6) is 0 Å². The molecule has 160 valence electrons. The van der Waals surface area contributed by atoms with Gasteiger partial charge in [-0.1, -0.05) is 24.6 Å². The van der Waals surface area contributed by atoms with Gasteiger partial charge in [0.2, 0.25) is 5.91 Å². The van der Waals surface area contributed by atoms with Crippen LogP contribution in [0.4, 0.5) is 10.5 Å². The highest BCUT2D eigenvalue weighted by Crippen LogP contribution is 2.28. The van der Waals surface area contributed by atoms with Gasteiger partial charge in [-0.15, -0.1) is 0 Å². The number of likely N-dealkylation sites (tertiary alicyclic amines) is 2. The highest BCUT2D eigenvalue weighted by molar-refractivity contribution is 6.30. The van der Waals surface area contributed by atoms with Crippen LogP contribution in [0.25, 0.3) is 0 Å². The summed E-state index contributed by atoms with van der Waals surface area (Å²) in [5.41, 5.74) is 0.326. The molecule has 3 rings (SSSR count). The summed E-state index contributed by atoms with van der Waals surface area (Å²) in [5, 5.41) is 3.98. The van der Waals surface area contributed by atoms with Gasteiger partial charge in [-0.05, 0) is 64.2 Å². The van der Waals surface area contributed by atoms with E-state index in [0.717, 1.165) is 31.5 Å². The molecule has 1 unspecified atom stereocenters. The van der Waals surface area contributed by atoms with E-state index >= 15 is 0 Å². The number of ether oxygens (including phenoxy) is 1. The number of anilines is 1. The van der Waals surface area contributed by atoms with E-state index in [4.69, 9.17) is 16.3 Å². The number of benzene rings is 1. The van der Waals surface area contributed by atoms with E-state index in [0.29, 0.717) is 24.0 Å². The van der Waals surface area contributed by atoms with Gasteiger partial charge in [0.05, 0.1) is 6.04 Å². The third kappa shape index (κ3) is 5.56. The van der Waals surface area contributed by atoms with Crippen LogP contribution in [0, 0.1) is 5.92 Å². The molecule has 1 aromatic carbocycles. The second-order valence-electron chi connectivity index (χ2n) is 9.14. The topological polar surface area (TPSA) is 61.9 Å². The molecule has 2 amide bonds. The second kappa shape index (κ2) is 8.82. The molecule has 0 bridgehead atoms. The standard InChI is InChI=1S/C22H32ClN3O3/c1-15-10-12-25(21(28)29-22(2,3)4)14-19(15)26-11-6-9-18(20(26)27)24-17-8-5-7-16(23)13-17/h5,7-8,13,15,18-19,24H,6,9-12,14H2,1-4H3/t15-,18?,19-/m0/s1. The SMILES string of the molecule is C[C@H]1CCN(C(=O)OC(C)(C)C)C[C@@H]1N1CCCC(Nc2cccc(Cl)c2)C1=O. The van der Waals surface area contributed by atoms with E-state index < -0.39 is 5.60 Å². The van der Waals surface area contributed by atoms with Crippen molar-refractivity contribution in [2.75, 3.05) is 25.0 Å². The molecule has 1 aromatic rings. The van der Waals surface area contributed by atoms with Crippen molar-refractivity contribution < 1.29 is 14.3 Å². The van der Waals surface area contributed by atoms with Crippen LogP contribution < -0.4 is 5.32 Å². The highest BCUT2D eigenvalue weighted by atomic mass is 35.5. The molecule has 0 saturated carbocycles. The third-order valence-corrected chi connectivity index (χ3v) is 5.84. The van der Waals surface area contributed by atoms with Crippen molar-refractivity contribution in [3.05, 3.63) is 29.3 Å². The molecule has 3 atom stereocenters. The lowest BCUT2D eigenvalue weighted by molar-refractivity contribution is -0.139. The Bertz CT molecular complexity index is 749. The van der Waals surface area contributed by atoms with Gasteiger partial charge in [-0.25, -0.2) is 4.79 Å². The Balaban J connectivity index is 1.68. The molecule has 0 radical (unpaired) electrons. The minimum Gasteiger partial charge on any atom is -0.444 e. The summed E-state index contributed by atoms with van der Waals surface area (Å²) in [6, 6.07) is 7.18. The molecule has 2 saturated heterocycles. The van der Waals surface area contributed by atoms with Crippen LogP contribution in [0.2, 0.25) is 5.02 Å². The largest absolute Gasteiger partial charge is 0.444 e. The summed E-state index contributed by atoms with van der Waals surface area (Å²) >= 11 is 6.08. The number of nitrogens with one attached hydrogen (secondary N) is 1. The number of carbonyl (C=O) groups is 2. The minimum atomic E-state index is -0.525. The highest BCUT2D eigenvalue weighted by Gasteiger charge is 2.40. The van der Waals surface area contributed by atoms with E-state index in [9.17, 15) is 9.59 Å². The molecule has 2 heterocycles. The molecular weight excluding hydrogens is 390 g/mol. The van der Waals surface area contributed by atoms with Crippen LogP contribution in [-0.2, 0) is 9.53 Å². The zero-order chi connectivity index (χ0) is 21.2. The fraction of sp³-hybridized carbons (Fsp3) is 0.636. The smallest absolute Gasteiger partial charge is 0.410 e. The van der Waals surface area contributed by atoms with Gasteiger partial charge in [0.15, 0.2) is 0 Å². The fourth-order valence-electron chi connectivity index (χ4n) is 4.09. The van der Waals surface area contributed by atoms with E-state index in [-0.39, 0.29) is 24.1 Å². The summed E-state index contributed by atoms with van der Waals surface area (Å²) in [6.45, 7) is 9.69. The molecule has 2 aliphatic heterocycles. The molecule has 29 heavy (non-hydrogen) atoms. The lowest BCUT2D eigenvalue weighted by Crippen LogP contribution is -2.60. The quantitative estimate of drug-likeness (QED) is 0.786. The van der Waals surface area contributed by atoms with Crippen molar-refractivity contribution in [1.29, 1.82) is 0 Å². The number of carbonyl (C=O) groups excluding carboxylic acids is 2. The first-order valence-corrected chi connectivity index (χ1v) is 10.8. The van der Waals surface area contributed by atoms with Gasteiger partial charge in [0.25, 0.3) is 0 Å². The third-order valence-electron chi connectivity index (χ3n) is 5.61. The van der Waals surface area contributed by atoms with Crippen LogP contribution >= 0.6 is 11.6 Å². The average molecular weight is 422 g/mol. The Labute approximate surface area is 178 Å². The summed E-state index contributed by atoms with van der Waals surface area (Å²) in [4.78, 5) is 29.5. The van der Waals surface area contributed by atoms with Crippen molar-refractivity contribution in [3.63, 3.8) is 0 Å². The van der Waals surface area contributed by atoms with Gasteiger partial charge in [0, 0.05) is 30.3 Å². The van der Waals surface area contributed by atoms with Gasteiger partial charge in [-0.3, -0.25) is 4.79 Å². The number of amides is 2. The number of hydrogen-bond donors (Lipinski definition) is 1. The number of rotatable bonds is 3. The maximum Gasteiger partial charge on any atom is 0.410 e. The van der Waals surface area contributed by atoms with E-state index in [1.165, 1.54) is 0 Å². The normalized spacial score (nSPS) is 25.7. The molecule has 0 aliphatic carbocycles. The summed E-state index contributed by atoms with van der Waals surface area (Å²) in [5.74, 6) is 0.432. The first kappa shape index (κ1) is 21.8. The van der Waals surface area contributed by atoms with Crippen molar-refractivity contribution >= 4 is 29.3 Å². The first-order chi connectivity index (χ1) is 13.6. The van der Waals surface area contributed by atoms with Crippen molar-refractivity contribution in [1.82, 2.24) is 9.80 Å². The van der Waals surface area contributed by atoms with Crippen molar-refractivity contribution in [3.8, 4) is 0 Å². The predicted octanol–water partition coefficient (Wildman–Crippen LogP) is 4.39. The zero-order valence-electron chi connectivity index (χ0n) is 17.8. The molecule has 6 nitrogen and oxygen atoms in total. The van der Waals surface area contributed by atoms with Crippen LogP contribution in [-0.4, -0.2) is 59.1 Å². The molecule has 1 N–H and O–H groups in total. The van der Waals surface area contributed by atoms with Crippen LogP contribution in [0.15, 0.2) is 24.3 Å². The monoisotopic (exact) mass is 421 g/mol. The first-order valence-electron chi connectivity index (χ1n) is 10.4. The van der Waals surface area contributed by atoms with E-state index in [1.54, 1.807) is 4.90 Å². The maximum absolute atomic E-state index is 13.3. The van der Waals surface area contributed by atoms with Crippen LogP contribution in [0.3, 0.4) is 0 Å². The Hall–Kier alpha value is -1.95. The summed E-state index contributed by atoms with van der Waals surface area (Å²) in [7, 11) is 0. The Morgan fingerprint density at radius 2 is 2.00 bits per heavy atom. The van der Waals surface area contributed by atoms with Crippen LogP contribution in [0.1, 0.15) is 47.0 Å². The molecule has 7 heteroatoms. The maximum atomic E-state index is 13.3. The molecule has 2 aliphatic rings. The molecular formula is C22H32ClN3O3. The molecule has 0 aromatic heterocycles. The lowest BCUT2D eigenvalue weighted by Gasteiger charge is -2.46.